The number of carbonyl (C=O) groups is 1. The SMILES string of the molecule is Cc1ccc(NC(=O)c2cn(CCN)cn2)cc1I. The van der Waals surface area contributed by atoms with Gasteiger partial charge < -0.3 is 15.6 Å². The van der Waals surface area contributed by atoms with Gasteiger partial charge in [-0.1, -0.05) is 6.07 Å². The lowest BCUT2D eigenvalue weighted by Gasteiger charge is -2.05. The van der Waals surface area contributed by atoms with E-state index in [4.69, 9.17) is 5.73 Å². The Kier molecular flexibility index (Phi) is 4.54. The monoisotopic (exact) mass is 370 g/mol. The first-order valence-electron chi connectivity index (χ1n) is 5.89. The number of hydrogen-bond donors (Lipinski definition) is 2. The van der Waals surface area contributed by atoms with Gasteiger partial charge in [-0.2, -0.15) is 0 Å². The number of anilines is 1. The number of hydrogen-bond acceptors (Lipinski definition) is 3. The molecule has 5 nitrogen and oxygen atoms in total. The Morgan fingerprint density at radius 1 is 1.53 bits per heavy atom. The first kappa shape index (κ1) is 14.0. The van der Waals surface area contributed by atoms with Crippen molar-refractivity contribution in [3.8, 4) is 0 Å². The first-order valence-corrected chi connectivity index (χ1v) is 6.97. The number of aromatic nitrogens is 2. The molecule has 0 saturated carbocycles. The Morgan fingerprint density at radius 3 is 3.00 bits per heavy atom. The topological polar surface area (TPSA) is 72.9 Å². The maximum absolute atomic E-state index is 12.0. The van der Waals surface area contributed by atoms with Crippen LogP contribution in [-0.4, -0.2) is 22.0 Å². The lowest BCUT2D eigenvalue weighted by Crippen LogP contribution is -2.13. The van der Waals surface area contributed by atoms with Crippen molar-refractivity contribution in [1.82, 2.24) is 9.55 Å². The third-order valence-electron chi connectivity index (χ3n) is 2.68. The summed E-state index contributed by atoms with van der Waals surface area (Å²) in [6.07, 6.45) is 3.31. The van der Waals surface area contributed by atoms with Gasteiger partial charge in [-0.25, -0.2) is 4.98 Å². The Labute approximate surface area is 125 Å². The van der Waals surface area contributed by atoms with Crippen molar-refractivity contribution in [1.29, 1.82) is 0 Å². The maximum Gasteiger partial charge on any atom is 0.275 e. The Balaban J connectivity index is 2.09. The van der Waals surface area contributed by atoms with Gasteiger partial charge in [-0.3, -0.25) is 4.79 Å². The van der Waals surface area contributed by atoms with Crippen LogP contribution in [0, 0.1) is 10.5 Å². The van der Waals surface area contributed by atoms with Crippen LogP contribution in [0.3, 0.4) is 0 Å². The summed E-state index contributed by atoms with van der Waals surface area (Å²) in [5.41, 5.74) is 7.80. The van der Waals surface area contributed by atoms with E-state index in [2.05, 4.69) is 32.9 Å². The number of nitrogens with zero attached hydrogens (tertiary/aromatic N) is 2. The van der Waals surface area contributed by atoms with Crippen molar-refractivity contribution < 1.29 is 4.79 Å². The largest absolute Gasteiger partial charge is 0.335 e. The summed E-state index contributed by atoms with van der Waals surface area (Å²) in [6, 6.07) is 5.79. The summed E-state index contributed by atoms with van der Waals surface area (Å²) in [5.74, 6) is -0.213. The van der Waals surface area contributed by atoms with Gasteiger partial charge in [0.05, 0.1) is 6.33 Å². The highest BCUT2D eigenvalue weighted by atomic mass is 127. The minimum absolute atomic E-state index is 0.213. The molecule has 0 unspecified atom stereocenters. The Morgan fingerprint density at radius 2 is 2.32 bits per heavy atom. The van der Waals surface area contributed by atoms with Gasteiger partial charge in [0.1, 0.15) is 5.69 Å². The zero-order chi connectivity index (χ0) is 13.8. The normalized spacial score (nSPS) is 10.5. The highest BCUT2D eigenvalue weighted by Crippen LogP contribution is 2.17. The Bertz CT molecular complexity index is 594. The first-order chi connectivity index (χ1) is 9.10. The number of nitrogens with one attached hydrogen (secondary N) is 1. The molecule has 1 amide bonds. The number of rotatable bonds is 4. The molecule has 0 aliphatic rings. The quantitative estimate of drug-likeness (QED) is 0.809. The number of amides is 1. The third kappa shape index (κ3) is 3.54. The molecule has 0 atom stereocenters. The van der Waals surface area contributed by atoms with Crippen LogP contribution < -0.4 is 11.1 Å². The van der Waals surface area contributed by atoms with Gasteiger partial charge in [0.2, 0.25) is 0 Å². The number of nitrogens with two attached hydrogens (primary N) is 1. The van der Waals surface area contributed by atoms with Crippen molar-refractivity contribution in [2.75, 3.05) is 11.9 Å². The molecule has 0 aliphatic heterocycles. The molecule has 2 rings (SSSR count). The lowest BCUT2D eigenvalue weighted by atomic mass is 10.2. The zero-order valence-electron chi connectivity index (χ0n) is 10.6. The van der Waals surface area contributed by atoms with E-state index in [0.29, 0.717) is 18.8 Å². The number of aryl methyl sites for hydroxylation is 1. The number of imidazole rings is 1. The van der Waals surface area contributed by atoms with Crippen molar-refractivity contribution in [2.45, 2.75) is 13.5 Å². The predicted molar refractivity (Wildman–Crippen MR) is 83.1 cm³/mol. The van der Waals surface area contributed by atoms with Crippen LogP contribution in [0.5, 0.6) is 0 Å². The van der Waals surface area contributed by atoms with Gasteiger partial charge in [-0.15, -0.1) is 0 Å². The summed E-state index contributed by atoms with van der Waals surface area (Å²) < 4.78 is 2.91. The molecule has 1 heterocycles. The van der Waals surface area contributed by atoms with E-state index in [9.17, 15) is 4.79 Å². The van der Waals surface area contributed by atoms with E-state index >= 15 is 0 Å². The smallest absolute Gasteiger partial charge is 0.275 e. The second-order valence-electron chi connectivity index (χ2n) is 4.20. The van der Waals surface area contributed by atoms with Crippen LogP contribution in [0.15, 0.2) is 30.7 Å². The highest BCUT2D eigenvalue weighted by Gasteiger charge is 2.10. The van der Waals surface area contributed by atoms with Crippen molar-refractivity contribution in [2.24, 2.45) is 5.73 Å². The zero-order valence-corrected chi connectivity index (χ0v) is 12.7. The fourth-order valence-corrected chi connectivity index (χ4v) is 2.13. The van der Waals surface area contributed by atoms with Gasteiger partial charge in [0.15, 0.2) is 0 Å². The van der Waals surface area contributed by atoms with E-state index in [0.717, 1.165) is 9.26 Å². The van der Waals surface area contributed by atoms with Crippen molar-refractivity contribution >= 4 is 34.2 Å². The summed E-state index contributed by atoms with van der Waals surface area (Å²) >= 11 is 2.24. The number of carbonyl (C=O) groups excluding carboxylic acids is 1. The van der Waals surface area contributed by atoms with E-state index in [1.807, 2.05) is 25.1 Å². The third-order valence-corrected chi connectivity index (χ3v) is 3.85. The highest BCUT2D eigenvalue weighted by molar-refractivity contribution is 14.1. The van der Waals surface area contributed by atoms with Gasteiger partial charge in [0, 0.05) is 28.5 Å². The lowest BCUT2D eigenvalue weighted by molar-refractivity contribution is 0.102. The molecule has 1 aromatic carbocycles. The van der Waals surface area contributed by atoms with Gasteiger partial charge >= 0.3 is 0 Å². The van der Waals surface area contributed by atoms with Crippen molar-refractivity contribution in [3.05, 3.63) is 45.6 Å². The average Bonchev–Trinajstić information content (AvgIpc) is 2.83. The molecule has 0 fully saturated rings. The fourth-order valence-electron chi connectivity index (χ4n) is 1.61. The molecule has 2 aromatic rings. The standard InChI is InChI=1S/C13H15IN4O/c1-9-2-3-10(6-11(9)14)17-13(19)12-7-18(5-4-15)8-16-12/h2-3,6-8H,4-5,15H2,1H3,(H,17,19). The molecule has 0 bridgehead atoms. The van der Waals surface area contributed by atoms with E-state index in [-0.39, 0.29) is 5.91 Å². The summed E-state index contributed by atoms with van der Waals surface area (Å²) in [7, 11) is 0. The van der Waals surface area contributed by atoms with Crippen LogP contribution in [0.1, 0.15) is 16.1 Å². The second-order valence-corrected chi connectivity index (χ2v) is 5.37. The predicted octanol–water partition coefficient (Wildman–Crippen LogP) is 2.01. The number of benzene rings is 1. The van der Waals surface area contributed by atoms with Crippen LogP contribution >= 0.6 is 22.6 Å². The molecule has 0 spiro atoms. The molecular formula is C13H15IN4O. The summed E-state index contributed by atoms with van der Waals surface area (Å²) in [4.78, 5) is 16.1. The molecule has 100 valence electrons. The van der Waals surface area contributed by atoms with Gasteiger partial charge in [0.25, 0.3) is 5.91 Å². The summed E-state index contributed by atoms with van der Waals surface area (Å²) in [5, 5.41) is 2.83. The molecular weight excluding hydrogens is 355 g/mol. The summed E-state index contributed by atoms with van der Waals surface area (Å²) in [6.45, 7) is 3.21. The van der Waals surface area contributed by atoms with E-state index < -0.39 is 0 Å². The minimum Gasteiger partial charge on any atom is -0.335 e. The maximum atomic E-state index is 12.0. The van der Waals surface area contributed by atoms with Crippen LogP contribution in [0.25, 0.3) is 0 Å². The number of halogens is 1. The molecule has 0 saturated heterocycles. The molecule has 0 aliphatic carbocycles. The van der Waals surface area contributed by atoms with Crippen LogP contribution in [-0.2, 0) is 6.54 Å². The molecule has 0 radical (unpaired) electrons. The Hall–Kier alpha value is -1.41. The van der Waals surface area contributed by atoms with Gasteiger partial charge in [-0.05, 0) is 47.2 Å². The molecule has 1 aromatic heterocycles. The molecule has 3 N–H and O–H groups in total. The second kappa shape index (κ2) is 6.16. The molecule has 6 heteroatoms. The fraction of sp³-hybridized carbons (Fsp3) is 0.231. The van der Waals surface area contributed by atoms with E-state index in [1.165, 1.54) is 5.56 Å². The van der Waals surface area contributed by atoms with Crippen LogP contribution in [0.4, 0.5) is 5.69 Å². The van der Waals surface area contributed by atoms with Crippen molar-refractivity contribution in [3.63, 3.8) is 0 Å². The minimum atomic E-state index is -0.213. The molecule has 19 heavy (non-hydrogen) atoms. The van der Waals surface area contributed by atoms with Crippen LogP contribution in [0.2, 0.25) is 0 Å². The van der Waals surface area contributed by atoms with E-state index in [1.54, 1.807) is 17.1 Å². The average molecular weight is 370 g/mol.